The molecule has 0 N–H and O–H groups in total. The highest BCUT2D eigenvalue weighted by Gasteiger charge is 2.31. The summed E-state index contributed by atoms with van der Waals surface area (Å²) in [7, 11) is 0. The van der Waals surface area contributed by atoms with Gasteiger partial charge in [-0.3, -0.25) is 4.79 Å². The van der Waals surface area contributed by atoms with E-state index in [1.807, 2.05) is 6.07 Å². The smallest absolute Gasteiger partial charge is 0.345 e. The Hall–Kier alpha value is -2.24. The molecule has 0 spiro atoms. The van der Waals surface area contributed by atoms with Gasteiger partial charge in [-0.05, 0) is 31.0 Å². The van der Waals surface area contributed by atoms with Crippen LogP contribution in [0.25, 0.3) is 0 Å². The monoisotopic (exact) mass is 407 g/mol. The number of hydrogen-bond donors (Lipinski definition) is 0. The average Bonchev–Trinajstić information content (AvgIpc) is 3.20. The fraction of sp³-hybridized carbons (Fsp3) is 0.300. The second kappa shape index (κ2) is 9.11. The summed E-state index contributed by atoms with van der Waals surface area (Å²) in [6.45, 7) is 0.991. The first kappa shape index (κ1) is 19.5. The summed E-state index contributed by atoms with van der Waals surface area (Å²) < 4.78 is 10.9. The van der Waals surface area contributed by atoms with Crippen molar-refractivity contribution in [3.63, 3.8) is 0 Å². The van der Waals surface area contributed by atoms with Crippen molar-refractivity contribution in [2.45, 2.75) is 18.9 Å². The molecule has 0 aromatic heterocycles. The Morgan fingerprint density at radius 2 is 1.74 bits per heavy atom. The van der Waals surface area contributed by atoms with Gasteiger partial charge in [0, 0.05) is 23.7 Å². The SMILES string of the molecule is O=C(COc1ccc(Cl)cc1Cl)O[C@H](C(=O)N1CCCC1)c1ccccc1. The minimum Gasteiger partial charge on any atom is -0.480 e. The molecule has 2 aromatic rings. The summed E-state index contributed by atoms with van der Waals surface area (Å²) in [6.07, 6.45) is 0.930. The molecule has 27 heavy (non-hydrogen) atoms. The highest BCUT2D eigenvalue weighted by atomic mass is 35.5. The lowest BCUT2D eigenvalue weighted by Crippen LogP contribution is -2.35. The van der Waals surface area contributed by atoms with Crippen LogP contribution in [0.5, 0.6) is 5.75 Å². The molecule has 142 valence electrons. The number of benzene rings is 2. The number of likely N-dealkylation sites (tertiary alicyclic amines) is 1. The number of carbonyl (C=O) groups excluding carboxylic acids is 2. The standard InChI is InChI=1S/C20H19Cl2NO4/c21-15-8-9-17(16(22)12-15)26-13-18(24)27-19(14-6-2-1-3-7-14)20(25)23-10-4-5-11-23/h1-3,6-9,12,19H,4-5,10-11,13H2/t19-/m0/s1. The van der Waals surface area contributed by atoms with E-state index in [1.165, 1.54) is 6.07 Å². The van der Waals surface area contributed by atoms with Crippen molar-refractivity contribution in [2.24, 2.45) is 0 Å². The Kier molecular flexibility index (Phi) is 6.58. The quantitative estimate of drug-likeness (QED) is 0.670. The summed E-state index contributed by atoms with van der Waals surface area (Å²) in [6, 6.07) is 13.7. The molecule has 0 bridgehead atoms. The normalized spacial score (nSPS) is 14.7. The van der Waals surface area contributed by atoms with Crippen LogP contribution in [0.15, 0.2) is 48.5 Å². The van der Waals surface area contributed by atoms with Crippen LogP contribution in [0, 0.1) is 0 Å². The Morgan fingerprint density at radius 1 is 1.04 bits per heavy atom. The van der Waals surface area contributed by atoms with Crippen LogP contribution in [0.4, 0.5) is 0 Å². The highest BCUT2D eigenvalue weighted by Crippen LogP contribution is 2.28. The van der Waals surface area contributed by atoms with Crippen LogP contribution in [0.2, 0.25) is 10.0 Å². The van der Waals surface area contributed by atoms with E-state index in [4.69, 9.17) is 32.7 Å². The van der Waals surface area contributed by atoms with Gasteiger partial charge in [-0.1, -0.05) is 53.5 Å². The van der Waals surface area contributed by atoms with Gasteiger partial charge in [-0.2, -0.15) is 0 Å². The highest BCUT2D eigenvalue weighted by molar-refractivity contribution is 6.35. The molecular formula is C20H19Cl2NO4. The number of ether oxygens (including phenoxy) is 2. The number of halogens is 2. The summed E-state index contributed by atoms with van der Waals surface area (Å²) in [5.74, 6) is -0.542. The van der Waals surface area contributed by atoms with Gasteiger partial charge in [-0.25, -0.2) is 4.79 Å². The van der Waals surface area contributed by atoms with Crippen LogP contribution < -0.4 is 4.74 Å². The zero-order chi connectivity index (χ0) is 19.2. The summed E-state index contributed by atoms with van der Waals surface area (Å²) in [4.78, 5) is 26.9. The number of nitrogens with zero attached hydrogens (tertiary/aromatic N) is 1. The van der Waals surface area contributed by atoms with Gasteiger partial charge in [0.25, 0.3) is 5.91 Å². The summed E-state index contributed by atoms with van der Waals surface area (Å²) in [5, 5.41) is 0.762. The predicted octanol–water partition coefficient (Wildman–Crippen LogP) is 4.28. The van der Waals surface area contributed by atoms with E-state index in [0.717, 1.165) is 12.8 Å². The molecule has 0 aliphatic carbocycles. The molecule has 0 saturated carbocycles. The van der Waals surface area contributed by atoms with E-state index >= 15 is 0 Å². The lowest BCUT2D eigenvalue weighted by atomic mass is 10.1. The van der Waals surface area contributed by atoms with Gasteiger partial charge in [0.2, 0.25) is 6.10 Å². The van der Waals surface area contributed by atoms with Gasteiger partial charge in [-0.15, -0.1) is 0 Å². The van der Waals surface area contributed by atoms with Crippen molar-refractivity contribution in [3.8, 4) is 5.75 Å². The van der Waals surface area contributed by atoms with E-state index in [1.54, 1.807) is 41.3 Å². The second-order valence-electron chi connectivity index (χ2n) is 6.18. The molecular weight excluding hydrogens is 389 g/mol. The van der Waals surface area contributed by atoms with Crippen molar-refractivity contribution in [3.05, 3.63) is 64.1 Å². The zero-order valence-electron chi connectivity index (χ0n) is 14.6. The van der Waals surface area contributed by atoms with Crippen LogP contribution in [0.1, 0.15) is 24.5 Å². The Labute approximate surface area is 167 Å². The minimum atomic E-state index is -0.985. The fourth-order valence-electron chi connectivity index (χ4n) is 2.89. The number of carbonyl (C=O) groups is 2. The number of hydrogen-bond acceptors (Lipinski definition) is 4. The van der Waals surface area contributed by atoms with Crippen LogP contribution in [0.3, 0.4) is 0 Å². The van der Waals surface area contributed by atoms with E-state index in [0.29, 0.717) is 34.4 Å². The van der Waals surface area contributed by atoms with Crippen LogP contribution >= 0.6 is 23.2 Å². The average molecular weight is 408 g/mol. The third-order valence-electron chi connectivity index (χ3n) is 4.23. The first-order valence-electron chi connectivity index (χ1n) is 8.65. The molecule has 3 rings (SSSR count). The third kappa shape index (κ3) is 5.15. The summed E-state index contributed by atoms with van der Waals surface area (Å²) >= 11 is 11.9. The van der Waals surface area contributed by atoms with Gasteiger partial charge >= 0.3 is 5.97 Å². The maximum absolute atomic E-state index is 12.8. The molecule has 0 unspecified atom stereocenters. The van der Waals surface area contributed by atoms with Crippen LogP contribution in [-0.2, 0) is 14.3 Å². The van der Waals surface area contributed by atoms with Gasteiger partial charge in [0.1, 0.15) is 5.75 Å². The fourth-order valence-corrected chi connectivity index (χ4v) is 3.35. The lowest BCUT2D eigenvalue weighted by molar-refractivity contribution is -0.162. The van der Waals surface area contributed by atoms with E-state index in [-0.39, 0.29) is 12.5 Å². The van der Waals surface area contributed by atoms with Gasteiger partial charge < -0.3 is 14.4 Å². The summed E-state index contributed by atoms with van der Waals surface area (Å²) in [5.41, 5.74) is 0.632. The molecule has 5 nitrogen and oxygen atoms in total. The second-order valence-corrected chi connectivity index (χ2v) is 7.02. The molecule has 1 aliphatic heterocycles. The molecule has 0 radical (unpaired) electrons. The maximum atomic E-state index is 12.8. The van der Waals surface area contributed by atoms with Crippen LogP contribution in [-0.4, -0.2) is 36.5 Å². The first-order chi connectivity index (χ1) is 13.0. The molecule has 1 atom stereocenters. The predicted molar refractivity (Wildman–Crippen MR) is 103 cm³/mol. The van der Waals surface area contributed by atoms with Gasteiger partial charge in [0.15, 0.2) is 6.61 Å². The number of amides is 1. The largest absolute Gasteiger partial charge is 0.480 e. The third-order valence-corrected chi connectivity index (χ3v) is 4.76. The Bertz CT molecular complexity index is 807. The van der Waals surface area contributed by atoms with Crippen molar-refractivity contribution < 1.29 is 19.1 Å². The maximum Gasteiger partial charge on any atom is 0.345 e. The molecule has 2 aromatic carbocycles. The minimum absolute atomic E-state index is 0.212. The Morgan fingerprint density at radius 3 is 2.41 bits per heavy atom. The van der Waals surface area contributed by atoms with Crippen molar-refractivity contribution in [1.82, 2.24) is 4.90 Å². The number of rotatable bonds is 6. The van der Waals surface area contributed by atoms with Crippen molar-refractivity contribution in [1.29, 1.82) is 0 Å². The Balaban J connectivity index is 1.67. The molecule has 7 heteroatoms. The molecule has 1 heterocycles. The first-order valence-corrected chi connectivity index (χ1v) is 9.41. The lowest BCUT2D eigenvalue weighted by Gasteiger charge is -2.23. The number of esters is 1. The van der Waals surface area contributed by atoms with Crippen molar-refractivity contribution in [2.75, 3.05) is 19.7 Å². The molecule has 1 fully saturated rings. The molecule has 1 aliphatic rings. The van der Waals surface area contributed by atoms with E-state index in [9.17, 15) is 9.59 Å². The van der Waals surface area contributed by atoms with E-state index < -0.39 is 12.1 Å². The van der Waals surface area contributed by atoms with Gasteiger partial charge in [0.05, 0.1) is 5.02 Å². The molecule has 1 saturated heterocycles. The van der Waals surface area contributed by atoms with Crippen molar-refractivity contribution >= 4 is 35.1 Å². The molecule has 1 amide bonds. The topological polar surface area (TPSA) is 55.8 Å². The zero-order valence-corrected chi connectivity index (χ0v) is 16.1. The van der Waals surface area contributed by atoms with E-state index in [2.05, 4.69) is 0 Å².